The second-order valence-electron chi connectivity index (χ2n) is 3.35. The molecule has 0 radical (unpaired) electrons. The molecule has 102 valence electrons. The molecule has 11 heteroatoms. The number of nitrogens with zero attached hydrogens (tertiary/aromatic N) is 3. The van der Waals surface area contributed by atoms with Gasteiger partial charge in [-0.15, -0.1) is 5.10 Å². The Labute approximate surface area is 111 Å². The predicted octanol–water partition coefficient (Wildman–Crippen LogP) is -1.31. The topological polar surface area (TPSA) is 134 Å². The molecule has 1 aromatic heterocycles. The van der Waals surface area contributed by atoms with E-state index in [-0.39, 0.29) is 22.6 Å². The van der Waals surface area contributed by atoms with E-state index in [1.807, 2.05) is 0 Å². The molecular weight excluding hydrogens is 332 g/mol. The molecule has 0 aromatic carbocycles. The summed E-state index contributed by atoms with van der Waals surface area (Å²) in [5, 5.41) is 24.3. The molecule has 0 amide bonds. The highest BCUT2D eigenvalue weighted by Gasteiger charge is 2.24. The van der Waals surface area contributed by atoms with Gasteiger partial charge < -0.3 is 10.2 Å². The number of hydrogen-bond acceptors (Lipinski definition) is 6. The molecule has 0 saturated heterocycles. The van der Waals surface area contributed by atoms with Gasteiger partial charge in [0.1, 0.15) is 0 Å². The summed E-state index contributed by atoms with van der Waals surface area (Å²) in [6.45, 7) is -0.215. The molecule has 1 heterocycles. The van der Waals surface area contributed by atoms with Crippen molar-refractivity contribution in [1.29, 1.82) is 0 Å². The Bertz CT molecular complexity index is 523. The number of aliphatic carboxylic acids is 1. The largest absolute Gasteiger partial charge is 0.479 e. The molecule has 1 atom stereocenters. The van der Waals surface area contributed by atoms with Crippen LogP contribution in [0.25, 0.3) is 0 Å². The zero-order valence-corrected chi connectivity index (χ0v) is 11.6. The normalized spacial score (nSPS) is 13.5. The summed E-state index contributed by atoms with van der Waals surface area (Å²) in [6.07, 6.45) is -1.85. The number of carbonyl (C=O) groups is 1. The van der Waals surface area contributed by atoms with Gasteiger partial charge in [0.25, 0.3) is 10.0 Å². The number of aryl methyl sites for hydroxylation is 1. The summed E-state index contributed by atoms with van der Waals surface area (Å²) in [7, 11) is -2.46. The molecule has 1 rings (SSSR count). The number of sulfonamides is 1. The van der Waals surface area contributed by atoms with Gasteiger partial charge in [0.05, 0.1) is 0 Å². The van der Waals surface area contributed by atoms with Crippen LogP contribution in [0.4, 0.5) is 0 Å². The first kappa shape index (κ1) is 15.0. The van der Waals surface area contributed by atoms with E-state index in [1.165, 1.54) is 7.05 Å². The van der Waals surface area contributed by atoms with E-state index in [1.54, 1.807) is 0 Å². The van der Waals surface area contributed by atoms with Crippen LogP contribution in [-0.4, -0.2) is 52.2 Å². The van der Waals surface area contributed by atoms with Gasteiger partial charge in [-0.3, -0.25) is 0 Å². The molecule has 9 nitrogen and oxygen atoms in total. The molecule has 1 aromatic rings. The minimum absolute atomic E-state index is 0.0521. The van der Waals surface area contributed by atoms with Crippen LogP contribution in [-0.2, 0) is 21.9 Å². The number of carboxylic acid groups (broad SMARTS) is 1. The summed E-state index contributed by atoms with van der Waals surface area (Å²) in [6, 6.07) is 0. The number of aliphatic hydroxyl groups excluding tert-OH is 1. The van der Waals surface area contributed by atoms with Crippen molar-refractivity contribution in [2.24, 2.45) is 7.05 Å². The zero-order valence-electron chi connectivity index (χ0n) is 9.24. The monoisotopic (exact) mass is 342 g/mol. The van der Waals surface area contributed by atoms with E-state index < -0.39 is 22.1 Å². The van der Waals surface area contributed by atoms with Crippen molar-refractivity contribution in [2.45, 2.75) is 17.6 Å². The second kappa shape index (κ2) is 5.73. The number of halogens is 1. The average molecular weight is 343 g/mol. The maximum absolute atomic E-state index is 11.8. The second-order valence-corrected chi connectivity index (χ2v) is 5.78. The maximum Gasteiger partial charge on any atom is 0.332 e. The van der Waals surface area contributed by atoms with Gasteiger partial charge in [0, 0.05) is 13.6 Å². The molecule has 0 aliphatic heterocycles. The lowest BCUT2D eigenvalue weighted by Gasteiger charge is -2.08. The van der Waals surface area contributed by atoms with Crippen LogP contribution >= 0.6 is 15.9 Å². The summed E-state index contributed by atoms with van der Waals surface area (Å²) in [5.41, 5.74) is 0. The summed E-state index contributed by atoms with van der Waals surface area (Å²) in [4.78, 5) is 10.3. The smallest absolute Gasteiger partial charge is 0.332 e. The van der Waals surface area contributed by atoms with Crippen LogP contribution in [0.15, 0.2) is 9.63 Å². The summed E-state index contributed by atoms with van der Waals surface area (Å²) < 4.78 is 26.9. The van der Waals surface area contributed by atoms with Gasteiger partial charge in [0.15, 0.2) is 10.7 Å². The Morgan fingerprint density at radius 3 is 2.67 bits per heavy atom. The third kappa shape index (κ3) is 3.48. The van der Waals surface area contributed by atoms with E-state index in [9.17, 15) is 13.2 Å². The Morgan fingerprint density at radius 2 is 2.22 bits per heavy atom. The summed E-state index contributed by atoms with van der Waals surface area (Å²) >= 11 is 2.94. The van der Waals surface area contributed by atoms with Crippen molar-refractivity contribution in [3.63, 3.8) is 0 Å². The number of carboxylic acids is 1. The van der Waals surface area contributed by atoms with E-state index in [0.717, 1.165) is 4.68 Å². The van der Waals surface area contributed by atoms with Crippen molar-refractivity contribution in [1.82, 2.24) is 19.7 Å². The fourth-order valence-corrected chi connectivity index (χ4v) is 3.27. The lowest BCUT2D eigenvalue weighted by Crippen LogP contribution is -2.31. The Balaban J connectivity index is 2.70. The molecule has 0 fully saturated rings. The third-order valence-corrected chi connectivity index (χ3v) is 4.33. The fourth-order valence-electron chi connectivity index (χ4n) is 1.13. The zero-order chi connectivity index (χ0) is 13.9. The van der Waals surface area contributed by atoms with Crippen molar-refractivity contribution in [3.05, 3.63) is 4.60 Å². The van der Waals surface area contributed by atoms with Crippen molar-refractivity contribution in [2.75, 3.05) is 6.54 Å². The predicted molar refractivity (Wildman–Crippen MR) is 62.2 cm³/mol. The van der Waals surface area contributed by atoms with Crippen molar-refractivity contribution >= 4 is 31.9 Å². The molecular formula is C7H11BrN4O5S. The highest BCUT2D eigenvalue weighted by atomic mass is 79.9. The van der Waals surface area contributed by atoms with Gasteiger partial charge in [0.2, 0.25) is 5.03 Å². The highest BCUT2D eigenvalue weighted by Crippen LogP contribution is 2.17. The van der Waals surface area contributed by atoms with Gasteiger partial charge in [-0.1, -0.05) is 5.21 Å². The molecule has 0 bridgehead atoms. The molecule has 0 spiro atoms. The average Bonchev–Trinajstić information content (AvgIpc) is 2.58. The molecule has 3 N–H and O–H groups in total. The number of rotatable bonds is 6. The molecule has 0 aliphatic carbocycles. The Hall–Kier alpha value is -1.04. The Morgan fingerprint density at radius 1 is 1.61 bits per heavy atom. The molecule has 18 heavy (non-hydrogen) atoms. The first-order chi connectivity index (χ1) is 8.25. The lowest BCUT2D eigenvalue weighted by atomic mass is 10.3. The third-order valence-electron chi connectivity index (χ3n) is 1.99. The van der Waals surface area contributed by atoms with Gasteiger partial charge >= 0.3 is 5.97 Å². The first-order valence-corrected chi connectivity index (χ1v) is 6.99. The van der Waals surface area contributed by atoms with Crippen molar-refractivity contribution in [3.8, 4) is 0 Å². The molecule has 1 unspecified atom stereocenters. The van der Waals surface area contributed by atoms with Crippen LogP contribution in [0.2, 0.25) is 0 Å². The summed E-state index contributed by atoms with van der Waals surface area (Å²) in [5.74, 6) is -1.41. The Kier molecular flexibility index (Phi) is 4.78. The number of nitrogens with one attached hydrogen (secondary N) is 1. The van der Waals surface area contributed by atoms with Gasteiger partial charge in [-0.2, -0.15) is 0 Å². The SMILES string of the molecule is Cn1nnc(Br)c1S(=O)(=O)NCCC(O)C(=O)O. The van der Waals surface area contributed by atoms with E-state index in [2.05, 4.69) is 31.0 Å². The molecule has 0 saturated carbocycles. The van der Waals surface area contributed by atoms with Crippen LogP contribution < -0.4 is 4.72 Å². The maximum atomic E-state index is 11.8. The van der Waals surface area contributed by atoms with Crippen LogP contribution in [0.5, 0.6) is 0 Å². The first-order valence-electron chi connectivity index (χ1n) is 4.71. The number of hydrogen-bond donors (Lipinski definition) is 3. The van der Waals surface area contributed by atoms with E-state index in [4.69, 9.17) is 10.2 Å². The van der Waals surface area contributed by atoms with E-state index >= 15 is 0 Å². The highest BCUT2D eigenvalue weighted by molar-refractivity contribution is 9.10. The van der Waals surface area contributed by atoms with Crippen molar-refractivity contribution < 1.29 is 23.4 Å². The molecule has 0 aliphatic rings. The van der Waals surface area contributed by atoms with Crippen LogP contribution in [0, 0.1) is 0 Å². The van der Waals surface area contributed by atoms with Crippen LogP contribution in [0.3, 0.4) is 0 Å². The number of aromatic nitrogens is 3. The quantitative estimate of drug-likeness (QED) is 0.584. The van der Waals surface area contributed by atoms with Gasteiger partial charge in [-0.25, -0.2) is 22.6 Å². The van der Waals surface area contributed by atoms with Crippen LogP contribution in [0.1, 0.15) is 6.42 Å². The minimum atomic E-state index is -3.86. The van der Waals surface area contributed by atoms with Gasteiger partial charge in [-0.05, 0) is 22.4 Å². The number of aliphatic hydroxyl groups is 1. The standard InChI is InChI=1S/C7H11BrN4O5S/c1-12-6(5(8)10-11-12)18(16,17)9-3-2-4(13)7(14)15/h4,9,13H,2-3H2,1H3,(H,14,15). The van der Waals surface area contributed by atoms with E-state index in [0.29, 0.717) is 0 Å². The fraction of sp³-hybridized carbons (Fsp3) is 0.571. The lowest BCUT2D eigenvalue weighted by molar-refractivity contribution is -0.146. The minimum Gasteiger partial charge on any atom is -0.479 e.